The van der Waals surface area contributed by atoms with Gasteiger partial charge >= 0.3 is 5.97 Å². The van der Waals surface area contributed by atoms with Crippen LogP contribution in [0.2, 0.25) is 0 Å². The molecule has 94 valence electrons. The van der Waals surface area contributed by atoms with Crippen molar-refractivity contribution in [3.05, 3.63) is 12.2 Å². The van der Waals surface area contributed by atoms with E-state index < -0.39 is 16.0 Å². The van der Waals surface area contributed by atoms with E-state index in [1.807, 2.05) is 0 Å². The highest BCUT2D eigenvalue weighted by Gasteiger charge is 2.16. The van der Waals surface area contributed by atoms with Crippen LogP contribution >= 0.6 is 0 Å². The van der Waals surface area contributed by atoms with Crippen molar-refractivity contribution in [1.29, 1.82) is 0 Å². The Morgan fingerprint density at radius 1 is 1.44 bits per heavy atom. The molecular weight excluding hydrogens is 230 g/mol. The number of carbonyl (C=O) groups excluding carboxylic acids is 1. The number of nitrogens with zero attached hydrogens (tertiary/aromatic N) is 1. The highest BCUT2D eigenvalue weighted by atomic mass is 32.2. The van der Waals surface area contributed by atoms with Gasteiger partial charge in [-0.3, -0.25) is 0 Å². The summed E-state index contributed by atoms with van der Waals surface area (Å²) in [5.41, 5.74) is 0.305. The molecule has 0 amide bonds. The van der Waals surface area contributed by atoms with E-state index in [0.29, 0.717) is 12.0 Å². The number of hydrogen-bond donors (Lipinski definition) is 0. The Bertz CT molecular complexity index is 348. The van der Waals surface area contributed by atoms with Crippen LogP contribution in [0.15, 0.2) is 12.2 Å². The second-order valence-corrected chi connectivity index (χ2v) is 5.75. The molecule has 0 saturated carbocycles. The molecule has 0 aromatic carbocycles. The number of ether oxygens (including phenoxy) is 1. The maximum absolute atomic E-state index is 11.5. The Labute approximate surface area is 97.1 Å². The third-order valence-corrected chi connectivity index (χ3v) is 3.98. The maximum Gasteiger partial charge on any atom is 0.333 e. The van der Waals surface area contributed by atoms with Gasteiger partial charge in [0.05, 0.1) is 5.75 Å². The number of likely N-dealkylation sites (N-methyl/N-ethyl adjacent to an activating group) is 1. The van der Waals surface area contributed by atoms with Crippen LogP contribution in [0, 0.1) is 0 Å². The molecule has 0 rings (SSSR count). The molecule has 0 fully saturated rings. The summed E-state index contributed by atoms with van der Waals surface area (Å²) in [6, 6.07) is 0. The van der Waals surface area contributed by atoms with Crippen molar-refractivity contribution in [3.8, 4) is 0 Å². The number of rotatable bonds is 7. The molecule has 0 atom stereocenters. The molecule has 0 aromatic heterocycles. The molecule has 0 unspecified atom stereocenters. The van der Waals surface area contributed by atoms with E-state index >= 15 is 0 Å². The van der Waals surface area contributed by atoms with Crippen molar-refractivity contribution in [2.75, 3.05) is 26.0 Å². The third kappa shape index (κ3) is 5.27. The summed E-state index contributed by atoms with van der Waals surface area (Å²) in [4.78, 5) is 11.0. The van der Waals surface area contributed by atoms with Crippen LogP contribution in [0.25, 0.3) is 0 Å². The molecule has 6 heteroatoms. The van der Waals surface area contributed by atoms with Crippen molar-refractivity contribution in [2.45, 2.75) is 20.3 Å². The van der Waals surface area contributed by atoms with Crippen LogP contribution in [0.3, 0.4) is 0 Å². The summed E-state index contributed by atoms with van der Waals surface area (Å²) < 4.78 is 29.0. The first-order chi connectivity index (χ1) is 7.31. The zero-order valence-corrected chi connectivity index (χ0v) is 10.8. The minimum atomic E-state index is -3.21. The largest absolute Gasteiger partial charge is 0.461 e. The Kier molecular flexibility index (Phi) is 6.28. The van der Waals surface area contributed by atoms with Gasteiger partial charge in [-0.2, -0.15) is 0 Å². The van der Waals surface area contributed by atoms with Gasteiger partial charge in [0.25, 0.3) is 0 Å². The van der Waals surface area contributed by atoms with Crippen LogP contribution < -0.4 is 0 Å². The summed E-state index contributed by atoms with van der Waals surface area (Å²) >= 11 is 0. The predicted molar refractivity (Wildman–Crippen MR) is 62.5 cm³/mol. The molecule has 0 aliphatic carbocycles. The standard InChI is InChI=1S/C10H19NO4S/c1-5-8-16(13,14)11(4)6-7-15-10(12)9(2)3/h2,5-8H2,1,3-4H3. The number of hydrogen-bond acceptors (Lipinski definition) is 4. The lowest BCUT2D eigenvalue weighted by Crippen LogP contribution is -2.32. The smallest absolute Gasteiger partial charge is 0.333 e. The predicted octanol–water partition coefficient (Wildman–Crippen LogP) is 0.777. The van der Waals surface area contributed by atoms with E-state index in [2.05, 4.69) is 6.58 Å². The van der Waals surface area contributed by atoms with E-state index in [0.717, 1.165) is 0 Å². The molecule has 0 heterocycles. The highest BCUT2D eigenvalue weighted by Crippen LogP contribution is 2.00. The van der Waals surface area contributed by atoms with Gasteiger partial charge in [0.15, 0.2) is 0 Å². The molecule has 0 spiro atoms. The Morgan fingerprint density at radius 2 is 2.00 bits per heavy atom. The van der Waals surface area contributed by atoms with E-state index in [9.17, 15) is 13.2 Å². The summed E-state index contributed by atoms with van der Waals surface area (Å²) in [6.07, 6.45) is 0.568. The lowest BCUT2D eigenvalue weighted by molar-refractivity contribution is -0.139. The van der Waals surface area contributed by atoms with Crippen LogP contribution in [-0.4, -0.2) is 44.6 Å². The van der Waals surface area contributed by atoms with E-state index in [-0.39, 0.29) is 18.9 Å². The first-order valence-corrected chi connectivity index (χ1v) is 6.68. The molecule has 0 aliphatic rings. The van der Waals surface area contributed by atoms with E-state index in [4.69, 9.17) is 4.74 Å². The van der Waals surface area contributed by atoms with Crippen LogP contribution in [0.5, 0.6) is 0 Å². The van der Waals surface area contributed by atoms with Crippen LogP contribution in [0.4, 0.5) is 0 Å². The zero-order chi connectivity index (χ0) is 12.8. The maximum atomic E-state index is 11.5. The molecule has 0 bridgehead atoms. The minimum Gasteiger partial charge on any atom is -0.461 e. The van der Waals surface area contributed by atoms with Gasteiger partial charge in [-0.1, -0.05) is 13.5 Å². The van der Waals surface area contributed by atoms with Gasteiger partial charge in [0.1, 0.15) is 6.61 Å². The van der Waals surface area contributed by atoms with E-state index in [1.54, 1.807) is 13.8 Å². The van der Waals surface area contributed by atoms with Gasteiger partial charge in [0.2, 0.25) is 10.0 Å². The lowest BCUT2D eigenvalue weighted by atomic mass is 10.4. The third-order valence-electron chi connectivity index (χ3n) is 1.92. The number of esters is 1. The summed E-state index contributed by atoms with van der Waals surface area (Å²) in [5, 5.41) is 0. The highest BCUT2D eigenvalue weighted by molar-refractivity contribution is 7.89. The molecule has 0 aliphatic heterocycles. The number of carbonyl (C=O) groups is 1. The van der Waals surface area contributed by atoms with Crippen molar-refractivity contribution in [1.82, 2.24) is 4.31 Å². The van der Waals surface area contributed by atoms with Gasteiger partial charge in [-0.25, -0.2) is 17.5 Å². The summed E-state index contributed by atoms with van der Waals surface area (Å²) in [6.45, 7) is 6.98. The topological polar surface area (TPSA) is 63.7 Å². The van der Waals surface area contributed by atoms with Crippen LogP contribution in [-0.2, 0) is 19.6 Å². The second kappa shape index (κ2) is 6.65. The van der Waals surface area contributed by atoms with Crippen LogP contribution in [0.1, 0.15) is 20.3 Å². The molecule has 16 heavy (non-hydrogen) atoms. The van der Waals surface area contributed by atoms with Crippen molar-refractivity contribution in [2.24, 2.45) is 0 Å². The van der Waals surface area contributed by atoms with Crippen molar-refractivity contribution in [3.63, 3.8) is 0 Å². The van der Waals surface area contributed by atoms with Gasteiger partial charge in [0, 0.05) is 19.2 Å². The Balaban J connectivity index is 4.04. The summed E-state index contributed by atoms with van der Waals surface area (Å²) in [5.74, 6) is -0.390. The molecule has 0 radical (unpaired) electrons. The fourth-order valence-corrected chi connectivity index (χ4v) is 2.12. The molecule has 5 nitrogen and oxygen atoms in total. The van der Waals surface area contributed by atoms with Crippen molar-refractivity contribution >= 4 is 16.0 Å². The molecule has 0 N–H and O–H groups in total. The van der Waals surface area contributed by atoms with Crippen molar-refractivity contribution < 1.29 is 17.9 Å². The summed E-state index contributed by atoms with van der Waals surface area (Å²) in [7, 11) is -1.74. The second-order valence-electron chi connectivity index (χ2n) is 3.55. The first-order valence-electron chi connectivity index (χ1n) is 5.08. The average molecular weight is 249 g/mol. The quantitative estimate of drug-likeness (QED) is 0.494. The average Bonchev–Trinajstić information content (AvgIpc) is 2.16. The molecule has 0 aromatic rings. The Hall–Kier alpha value is -0.880. The molecule has 0 saturated heterocycles. The molecular formula is C10H19NO4S. The Morgan fingerprint density at radius 3 is 2.44 bits per heavy atom. The number of sulfonamides is 1. The first kappa shape index (κ1) is 15.1. The lowest BCUT2D eigenvalue weighted by Gasteiger charge is -2.16. The SMILES string of the molecule is C=C(C)C(=O)OCCN(C)S(=O)(=O)CCC. The van der Waals surface area contributed by atoms with E-state index in [1.165, 1.54) is 11.4 Å². The fraction of sp³-hybridized carbons (Fsp3) is 0.700. The minimum absolute atomic E-state index is 0.0468. The monoisotopic (exact) mass is 249 g/mol. The van der Waals surface area contributed by atoms with Gasteiger partial charge < -0.3 is 4.74 Å². The normalized spacial score (nSPS) is 11.5. The zero-order valence-electron chi connectivity index (χ0n) is 10.0. The van der Waals surface area contributed by atoms with Gasteiger partial charge in [-0.15, -0.1) is 0 Å². The van der Waals surface area contributed by atoms with Gasteiger partial charge in [-0.05, 0) is 13.3 Å². The fourth-order valence-electron chi connectivity index (χ4n) is 0.943.